The van der Waals surface area contributed by atoms with E-state index in [1.54, 1.807) is 26.0 Å². The number of aryl methyl sites for hydroxylation is 2. The van der Waals surface area contributed by atoms with Crippen LogP contribution in [0.1, 0.15) is 16.7 Å². The summed E-state index contributed by atoms with van der Waals surface area (Å²) in [5.41, 5.74) is 2.34. The molecule has 0 saturated heterocycles. The summed E-state index contributed by atoms with van der Waals surface area (Å²) < 4.78 is 0. The van der Waals surface area contributed by atoms with Crippen LogP contribution in [-0.4, -0.2) is 27.4 Å². The molecule has 0 radical (unpaired) electrons. The first-order valence-electron chi connectivity index (χ1n) is 4.61. The van der Waals surface area contributed by atoms with E-state index >= 15 is 0 Å². The fraction of sp³-hybridized carbons (Fsp3) is 0.364. The molecule has 4 nitrogen and oxygen atoms in total. The zero-order valence-corrected chi connectivity index (χ0v) is 8.69. The Morgan fingerprint density at radius 3 is 2.20 bits per heavy atom. The van der Waals surface area contributed by atoms with E-state index in [0.717, 1.165) is 16.7 Å². The Morgan fingerprint density at radius 1 is 1.33 bits per heavy atom. The number of hydrogen-bond donors (Lipinski definition) is 3. The maximum Gasteiger partial charge on any atom is 0.332 e. The van der Waals surface area contributed by atoms with Crippen LogP contribution in [0.4, 0.5) is 0 Å². The number of carboxylic acid groups (broad SMARTS) is 1. The summed E-state index contributed by atoms with van der Waals surface area (Å²) in [5, 5.41) is 27.1. The highest BCUT2D eigenvalue weighted by atomic mass is 16.4. The van der Waals surface area contributed by atoms with Gasteiger partial charge in [-0.25, -0.2) is 4.79 Å². The second kappa shape index (κ2) is 4.31. The van der Waals surface area contributed by atoms with Crippen molar-refractivity contribution in [3.05, 3.63) is 28.8 Å². The minimum Gasteiger partial charge on any atom is -0.508 e. The molecule has 1 aromatic carbocycles. The molecular formula is C11H14O4. The smallest absolute Gasteiger partial charge is 0.332 e. The Labute approximate surface area is 87.8 Å². The second-order valence-electron chi connectivity index (χ2n) is 3.62. The summed E-state index contributed by atoms with van der Waals surface area (Å²) >= 11 is 0. The molecule has 0 heterocycles. The first-order chi connectivity index (χ1) is 6.91. The molecule has 1 aromatic rings. The lowest BCUT2D eigenvalue weighted by Crippen LogP contribution is -2.22. The largest absolute Gasteiger partial charge is 0.508 e. The van der Waals surface area contributed by atoms with Gasteiger partial charge in [0, 0.05) is 6.42 Å². The van der Waals surface area contributed by atoms with Gasteiger partial charge in [-0.05, 0) is 42.7 Å². The number of phenolic OH excluding ortho intramolecular Hbond substituents is 1. The lowest BCUT2D eigenvalue weighted by atomic mass is 9.97. The molecule has 0 amide bonds. The van der Waals surface area contributed by atoms with Crippen LogP contribution in [0.15, 0.2) is 12.1 Å². The van der Waals surface area contributed by atoms with Gasteiger partial charge >= 0.3 is 5.97 Å². The van der Waals surface area contributed by atoms with Gasteiger partial charge < -0.3 is 15.3 Å². The molecule has 3 N–H and O–H groups in total. The number of hydrogen-bond acceptors (Lipinski definition) is 3. The molecule has 0 aromatic heterocycles. The highest BCUT2D eigenvalue weighted by molar-refractivity contribution is 5.72. The fourth-order valence-electron chi connectivity index (χ4n) is 1.57. The van der Waals surface area contributed by atoms with E-state index in [4.69, 9.17) is 5.11 Å². The number of aliphatic carboxylic acids is 1. The van der Waals surface area contributed by atoms with Crippen molar-refractivity contribution < 1.29 is 20.1 Å². The number of carboxylic acids is 1. The van der Waals surface area contributed by atoms with Crippen molar-refractivity contribution >= 4 is 5.97 Å². The van der Waals surface area contributed by atoms with Crippen LogP contribution >= 0.6 is 0 Å². The van der Waals surface area contributed by atoms with Crippen molar-refractivity contribution in [2.45, 2.75) is 26.4 Å². The van der Waals surface area contributed by atoms with E-state index in [1.165, 1.54) is 0 Å². The molecule has 0 aliphatic carbocycles. The van der Waals surface area contributed by atoms with Gasteiger partial charge in [0.05, 0.1) is 0 Å². The molecule has 82 valence electrons. The van der Waals surface area contributed by atoms with Gasteiger partial charge in [-0.3, -0.25) is 0 Å². The molecule has 15 heavy (non-hydrogen) atoms. The van der Waals surface area contributed by atoms with Gasteiger partial charge in [-0.2, -0.15) is 0 Å². The topological polar surface area (TPSA) is 77.8 Å². The zero-order chi connectivity index (χ0) is 11.6. The van der Waals surface area contributed by atoms with Gasteiger partial charge in [0.15, 0.2) is 6.10 Å². The number of carbonyl (C=O) groups is 1. The van der Waals surface area contributed by atoms with Gasteiger partial charge in [0.2, 0.25) is 0 Å². The van der Waals surface area contributed by atoms with Crippen molar-refractivity contribution in [3.8, 4) is 5.75 Å². The number of benzene rings is 1. The Balaban J connectivity index is 3.00. The molecule has 0 bridgehead atoms. The summed E-state index contributed by atoms with van der Waals surface area (Å²) in [6.07, 6.45) is -1.33. The van der Waals surface area contributed by atoms with Crippen molar-refractivity contribution in [3.63, 3.8) is 0 Å². The number of rotatable bonds is 3. The molecule has 0 unspecified atom stereocenters. The number of phenols is 1. The van der Waals surface area contributed by atoms with E-state index in [9.17, 15) is 15.0 Å². The SMILES string of the molecule is Cc1cc(O)cc(C)c1C[C@H](O)C(=O)O. The van der Waals surface area contributed by atoms with Crippen LogP contribution in [0, 0.1) is 13.8 Å². The van der Waals surface area contributed by atoms with Crippen LogP contribution in [0.2, 0.25) is 0 Å². The van der Waals surface area contributed by atoms with Gasteiger partial charge in [-0.1, -0.05) is 0 Å². The van der Waals surface area contributed by atoms with Crippen molar-refractivity contribution in [2.24, 2.45) is 0 Å². The summed E-state index contributed by atoms with van der Waals surface area (Å²) in [7, 11) is 0. The molecule has 1 atom stereocenters. The molecule has 0 spiro atoms. The molecule has 1 rings (SSSR count). The summed E-state index contributed by atoms with van der Waals surface area (Å²) in [5.74, 6) is -1.08. The van der Waals surface area contributed by atoms with E-state index in [0.29, 0.717) is 0 Å². The fourth-order valence-corrected chi connectivity index (χ4v) is 1.57. The second-order valence-corrected chi connectivity index (χ2v) is 3.62. The van der Waals surface area contributed by atoms with Crippen molar-refractivity contribution in [2.75, 3.05) is 0 Å². The maximum atomic E-state index is 10.5. The summed E-state index contributed by atoms with van der Waals surface area (Å²) in [6, 6.07) is 3.10. The van der Waals surface area contributed by atoms with Crippen LogP contribution in [0.3, 0.4) is 0 Å². The van der Waals surface area contributed by atoms with Gasteiger partial charge in [0.1, 0.15) is 5.75 Å². The summed E-state index contributed by atoms with van der Waals surface area (Å²) in [6.45, 7) is 3.55. The van der Waals surface area contributed by atoms with E-state index in [1.807, 2.05) is 0 Å². The predicted octanol–water partition coefficient (Wildman–Crippen LogP) is 0.997. The average molecular weight is 210 g/mol. The first kappa shape index (κ1) is 11.5. The number of aromatic hydroxyl groups is 1. The third kappa shape index (κ3) is 2.70. The minimum absolute atomic E-state index is 0.0628. The summed E-state index contributed by atoms with van der Waals surface area (Å²) in [4.78, 5) is 10.5. The maximum absolute atomic E-state index is 10.5. The molecule has 4 heteroatoms. The molecular weight excluding hydrogens is 196 g/mol. The first-order valence-corrected chi connectivity index (χ1v) is 4.61. The standard InChI is InChI=1S/C11H14O4/c1-6-3-8(12)4-7(2)9(6)5-10(13)11(14)15/h3-4,10,12-13H,5H2,1-2H3,(H,14,15)/t10-/m0/s1. The molecule has 0 saturated carbocycles. The van der Waals surface area contributed by atoms with Crippen LogP contribution < -0.4 is 0 Å². The minimum atomic E-state index is -1.40. The monoisotopic (exact) mass is 210 g/mol. The quantitative estimate of drug-likeness (QED) is 0.695. The predicted molar refractivity (Wildman–Crippen MR) is 54.9 cm³/mol. The number of aliphatic hydroxyl groups excluding tert-OH is 1. The third-order valence-corrected chi connectivity index (χ3v) is 2.36. The van der Waals surface area contributed by atoms with Gasteiger partial charge in [0.25, 0.3) is 0 Å². The van der Waals surface area contributed by atoms with E-state index in [2.05, 4.69) is 0 Å². The van der Waals surface area contributed by atoms with Crippen LogP contribution in [-0.2, 0) is 11.2 Å². The Morgan fingerprint density at radius 2 is 1.80 bits per heavy atom. The molecule has 0 aliphatic heterocycles. The highest BCUT2D eigenvalue weighted by Crippen LogP contribution is 2.21. The van der Waals surface area contributed by atoms with Crippen LogP contribution in [0.25, 0.3) is 0 Å². The normalized spacial score (nSPS) is 12.5. The number of aliphatic hydroxyl groups is 1. The van der Waals surface area contributed by atoms with Crippen LogP contribution in [0.5, 0.6) is 5.75 Å². The average Bonchev–Trinajstić information content (AvgIpc) is 2.10. The zero-order valence-electron chi connectivity index (χ0n) is 8.69. The lowest BCUT2D eigenvalue weighted by molar-refractivity contribution is -0.146. The van der Waals surface area contributed by atoms with E-state index < -0.39 is 12.1 Å². The van der Waals surface area contributed by atoms with Crippen molar-refractivity contribution in [1.29, 1.82) is 0 Å². The Kier molecular flexibility index (Phi) is 3.31. The Bertz CT molecular complexity index is 361. The lowest BCUT2D eigenvalue weighted by Gasteiger charge is -2.12. The highest BCUT2D eigenvalue weighted by Gasteiger charge is 2.16. The van der Waals surface area contributed by atoms with Crippen molar-refractivity contribution in [1.82, 2.24) is 0 Å². The van der Waals surface area contributed by atoms with E-state index in [-0.39, 0.29) is 12.2 Å². The van der Waals surface area contributed by atoms with Gasteiger partial charge in [-0.15, -0.1) is 0 Å². The molecule has 0 aliphatic rings. The Hall–Kier alpha value is -1.55. The molecule has 0 fully saturated rings. The third-order valence-electron chi connectivity index (χ3n) is 2.36.